The molecule has 9 nitrogen and oxygen atoms in total. The van der Waals surface area contributed by atoms with Crippen LogP contribution in [-0.4, -0.2) is 29.6 Å². The van der Waals surface area contributed by atoms with Crippen molar-refractivity contribution in [1.29, 1.82) is 0 Å². The standard InChI is InChI=1S/C25H19N3O6/c1-14(29)27-18-7-9-19(10-8-18)28-23(31)20-11-6-17(12-21(20)24(28)32)25(33)34-13-15-2-4-16(5-3-15)22(26)30/h2-12H,13H2,1H3,(H2,26,30)(H,27,29). The summed E-state index contributed by atoms with van der Waals surface area (Å²) in [4.78, 5) is 61.6. The number of anilines is 2. The zero-order valence-electron chi connectivity index (χ0n) is 18.0. The number of esters is 1. The van der Waals surface area contributed by atoms with Crippen molar-refractivity contribution in [1.82, 2.24) is 0 Å². The van der Waals surface area contributed by atoms with Crippen LogP contribution < -0.4 is 16.0 Å². The maximum Gasteiger partial charge on any atom is 0.338 e. The van der Waals surface area contributed by atoms with E-state index in [1.807, 2.05) is 0 Å². The van der Waals surface area contributed by atoms with Crippen LogP contribution in [0.1, 0.15) is 53.9 Å². The van der Waals surface area contributed by atoms with E-state index in [1.165, 1.54) is 37.3 Å². The molecule has 0 aliphatic carbocycles. The molecule has 0 aromatic heterocycles. The summed E-state index contributed by atoms with van der Waals surface area (Å²) in [6.45, 7) is 1.33. The monoisotopic (exact) mass is 457 g/mol. The maximum absolute atomic E-state index is 13.0. The molecule has 0 saturated heterocycles. The van der Waals surface area contributed by atoms with Crippen molar-refractivity contribution < 1.29 is 28.7 Å². The predicted molar refractivity (Wildman–Crippen MR) is 122 cm³/mol. The molecule has 3 aromatic carbocycles. The van der Waals surface area contributed by atoms with E-state index in [0.717, 1.165) is 4.90 Å². The second kappa shape index (κ2) is 8.99. The molecule has 0 radical (unpaired) electrons. The number of nitrogens with one attached hydrogen (secondary N) is 1. The average Bonchev–Trinajstić information content (AvgIpc) is 3.07. The molecule has 3 aromatic rings. The smallest absolute Gasteiger partial charge is 0.338 e. The number of hydrogen-bond acceptors (Lipinski definition) is 6. The van der Waals surface area contributed by atoms with E-state index in [-0.39, 0.29) is 29.2 Å². The number of carbonyl (C=O) groups is 5. The van der Waals surface area contributed by atoms with Crippen LogP contribution in [0.4, 0.5) is 11.4 Å². The Morgan fingerprint density at radius 1 is 0.853 bits per heavy atom. The topological polar surface area (TPSA) is 136 Å². The van der Waals surface area contributed by atoms with E-state index in [0.29, 0.717) is 22.5 Å². The molecule has 0 unspecified atom stereocenters. The van der Waals surface area contributed by atoms with E-state index in [4.69, 9.17) is 10.5 Å². The van der Waals surface area contributed by atoms with Crippen molar-refractivity contribution in [2.24, 2.45) is 5.73 Å². The lowest BCUT2D eigenvalue weighted by atomic mass is 10.1. The van der Waals surface area contributed by atoms with Crippen molar-refractivity contribution in [3.8, 4) is 0 Å². The van der Waals surface area contributed by atoms with Crippen LogP contribution >= 0.6 is 0 Å². The zero-order valence-corrected chi connectivity index (χ0v) is 18.0. The molecule has 0 atom stereocenters. The summed E-state index contributed by atoms with van der Waals surface area (Å²) in [5.74, 6) is -2.54. The quantitative estimate of drug-likeness (QED) is 0.432. The molecule has 4 amide bonds. The van der Waals surface area contributed by atoms with Gasteiger partial charge in [0.25, 0.3) is 11.8 Å². The Bertz CT molecular complexity index is 1330. The fraction of sp³-hybridized carbons (Fsp3) is 0.0800. The van der Waals surface area contributed by atoms with Gasteiger partial charge in [0.1, 0.15) is 6.61 Å². The van der Waals surface area contributed by atoms with E-state index in [2.05, 4.69) is 5.32 Å². The second-order valence-electron chi connectivity index (χ2n) is 7.57. The molecular weight excluding hydrogens is 438 g/mol. The first-order valence-corrected chi connectivity index (χ1v) is 10.2. The molecule has 170 valence electrons. The first-order chi connectivity index (χ1) is 16.2. The normalized spacial score (nSPS) is 12.3. The molecule has 1 aliphatic heterocycles. The number of hydrogen-bond donors (Lipinski definition) is 2. The highest BCUT2D eigenvalue weighted by Gasteiger charge is 2.37. The largest absolute Gasteiger partial charge is 0.457 e. The van der Waals surface area contributed by atoms with Gasteiger partial charge in [-0.15, -0.1) is 0 Å². The summed E-state index contributed by atoms with van der Waals surface area (Å²) in [6.07, 6.45) is 0. The molecular formula is C25H19N3O6. The van der Waals surface area contributed by atoms with Crippen molar-refractivity contribution >= 4 is 41.0 Å². The predicted octanol–water partition coefficient (Wildman–Crippen LogP) is 2.90. The van der Waals surface area contributed by atoms with Gasteiger partial charge in [0, 0.05) is 18.2 Å². The van der Waals surface area contributed by atoms with Crippen LogP contribution in [0.2, 0.25) is 0 Å². The van der Waals surface area contributed by atoms with Gasteiger partial charge in [-0.25, -0.2) is 9.69 Å². The number of amides is 4. The van der Waals surface area contributed by atoms with Crippen molar-refractivity contribution in [3.05, 3.63) is 94.5 Å². The Labute approximate surface area is 194 Å². The highest BCUT2D eigenvalue weighted by Crippen LogP contribution is 2.30. The van der Waals surface area contributed by atoms with Crippen molar-refractivity contribution in [2.45, 2.75) is 13.5 Å². The number of fused-ring (bicyclic) bond motifs is 1. The number of benzene rings is 3. The maximum atomic E-state index is 13.0. The van der Waals surface area contributed by atoms with Gasteiger partial charge in [0.2, 0.25) is 11.8 Å². The van der Waals surface area contributed by atoms with Crippen LogP contribution in [0.25, 0.3) is 0 Å². The third kappa shape index (κ3) is 4.40. The highest BCUT2D eigenvalue weighted by molar-refractivity contribution is 6.34. The van der Waals surface area contributed by atoms with Crippen LogP contribution in [0.3, 0.4) is 0 Å². The Balaban J connectivity index is 1.48. The molecule has 1 heterocycles. The molecule has 0 fully saturated rings. The minimum absolute atomic E-state index is 0.0470. The zero-order chi connectivity index (χ0) is 24.4. The third-order valence-corrected chi connectivity index (χ3v) is 5.18. The van der Waals surface area contributed by atoms with Gasteiger partial charge in [0.15, 0.2) is 0 Å². The number of ether oxygens (including phenoxy) is 1. The lowest BCUT2D eigenvalue weighted by molar-refractivity contribution is -0.114. The van der Waals surface area contributed by atoms with Crippen LogP contribution in [-0.2, 0) is 16.1 Å². The number of carbonyl (C=O) groups excluding carboxylic acids is 5. The molecule has 0 bridgehead atoms. The summed E-state index contributed by atoms with van der Waals surface area (Å²) >= 11 is 0. The van der Waals surface area contributed by atoms with Gasteiger partial charge >= 0.3 is 5.97 Å². The lowest BCUT2D eigenvalue weighted by Gasteiger charge is -2.14. The first-order valence-electron chi connectivity index (χ1n) is 10.2. The van der Waals surface area contributed by atoms with Gasteiger partial charge < -0.3 is 15.8 Å². The van der Waals surface area contributed by atoms with E-state index in [9.17, 15) is 24.0 Å². The Morgan fingerprint density at radius 3 is 2.09 bits per heavy atom. The van der Waals surface area contributed by atoms with Crippen molar-refractivity contribution in [2.75, 3.05) is 10.2 Å². The van der Waals surface area contributed by atoms with Gasteiger partial charge in [-0.2, -0.15) is 0 Å². The lowest BCUT2D eigenvalue weighted by Crippen LogP contribution is -2.29. The number of rotatable bonds is 6. The van der Waals surface area contributed by atoms with Crippen LogP contribution in [0.15, 0.2) is 66.7 Å². The second-order valence-corrected chi connectivity index (χ2v) is 7.57. The van der Waals surface area contributed by atoms with Crippen molar-refractivity contribution in [3.63, 3.8) is 0 Å². The fourth-order valence-electron chi connectivity index (χ4n) is 3.50. The highest BCUT2D eigenvalue weighted by atomic mass is 16.5. The van der Waals surface area contributed by atoms with E-state index >= 15 is 0 Å². The molecule has 34 heavy (non-hydrogen) atoms. The Kier molecular flexibility index (Phi) is 5.92. The summed E-state index contributed by atoms with van der Waals surface area (Å²) in [6, 6.07) is 16.7. The molecule has 1 aliphatic rings. The molecule has 9 heteroatoms. The van der Waals surface area contributed by atoms with Gasteiger partial charge in [0.05, 0.1) is 22.4 Å². The Hall–Kier alpha value is -4.79. The minimum Gasteiger partial charge on any atom is -0.457 e. The number of primary amides is 1. The van der Waals surface area contributed by atoms with Crippen LogP contribution in [0.5, 0.6) is 0 Å². The number of imide groups is 1. The molecule has 0 spiro atoms. The van der Waals surface area contributed by atoms with E-state index < -0.39 is 23.7 Å². The van der Waals surface area contributed by atoms with Crippen LogP contribution in [0, 0.1) is 0 Å². The van der Waals surface area contributed by atoms with Gasteiger partial charge in [-0.1, -0.05) is 12.1 Å². The Morgan fingerprint density at radius 2 is 1.47 bits per heavy atom. The number of nitrogens with zero attached hydrogens (tertiary/aromatic N) is 1. The molecule has 4 rings (SSSR count). The fourth-order valence-corrected chi connectivity index (χ4v) is 3.50. The number of nitrogens with two attached hydrogens (primary N) is 1. The SMILES string of the molecule is CC(=O)Nc1ccc(N2C(=O)c3ccc(C(=O)OCc4ccc(C(N)=O)cc4)cc3C2=O)cc1. The van der Waals surface area contributed by atoms with Gasteiger partial charge in [-0.3, -0.25) is 19.2 Å². The summed E-state index contributed by atoms with van der Waals surface area (Å²) < 4.78 is 5.29. The summed E-state index contributed by atoms with van der Waals surface area (Å²) in [5.41, 5.74) is 7.45. The molecule has 0 saturated carbocycles. The summed E-state index contributed by atoms with van der Waals surface area (Å²) in [5, 5.41) is 2.61. The third-order valence-electron chi connectivity index (χ3n) is 5.18. The average molecular weight is 457 g/mol. The first kappa shape index (κ1) is 22.4. The summed E-state index contributed by atoms with van der Waals surface area (Å²) in [7, 11) is 0. The molecule has 3 N–H and O–H groups in total. The van der Waals surface area contributed by atoms with Gasteiger partial charge in [-0.05, 0) is 60.2 Å². The minimum atomic E-state index is -0.667. The van der Waals surface area contributed by atoms with E-state index in [1.54, 1.807) is 36.4 Å².